The predicted molar refractivity (Wildman–Crippen MR) is 86.0 cm³/mol. The molecule has 0 aromatic rings. The number of ether oxygens (including phenoxy) is 1. The van der Waals surface area contributed by atoms with Crippen molar-refractivity contribution in [1.82, 2.24) is 0 Å². The fraction of sp³-hybridized carbons (Fsp3) is 0.688. The first-order valence-corrected chi connectivity index (χ1v) is 10.9. The van der Waals surface area contributed by atoms with E-state index in [-0.39, 0.29) is 5.78 Å². The standard InChI is InChI=1S/C16H30O2Si/c1-7-9-10-11-12-13-15(19(4,5)6)16(17)14(3)18-8-2/h13H,3,7-12H2,1-2,4-6H3. The van der Waals surface area contributed by atoms with E-state index in [0.717, 1.165) is 18.0 Å². The molecule has 0 unspecified atom stereocenters. The van der Waals surface area contributed by atoms with Crippen LogP contribution in [0.3, 0.4) is 0 Å². The quantitative estimate of drug-likeness (QED) is 0.247. The highest BCUT2D eigenvalue weighted by atomic mass is 28.3. The van der Waals surface area contributed by atoms with Crippen LogP contribution in [0.25, 0.3) is 0 Å². The minimum Gasteiger partial charge on any atom is -0.490 e. The van der Waals surface area contributed by atoms with Crippen molar-refractivity contribution in [2.75, 3.05) is 6.61 Å². The lowest BCUT2D eigenvalue weighted by Crippen LogP contribution is -2.30. The molecular weight excluding hydrogens is 252 g/mol. The lowest BCUT2D eigenvalue weighted by Gasteiger charge is -2.21. The summed E-state index contributed by atoms with van der Waals surface area (Å²) < 4.78 is 5.26. The van der Waals surface area contributed by atoms with Gasteiger partial charge in [-0.1, -0.05) is 58.5 Å². The van der Waals surface area contributed by atoms with Gasteiger partial charge in [-0.25, -0.2) is 0 Å². The lowest BCUT2D eigenvalue weighted by atomic mass is 10.1. The smallest absolute Gasteiger partial charge is 0.218 e. The van der Waals surface area contributed by atoms with Gasteiger partial charge in [0.25, 0.3) is 0 Å². The van der Waals surface area contributed by atoms with Crippen LogP contribution < -0.4 is 0 Å². The first-order valence-electron chi connectivity index (χ1n) is 7.41. The van der Waals surface area contributed by atoms with Crippen LogP contribution in [0, 0.1) is 0 Å². The van der Waals surface area contributed by atoms with Crippen molar-refractivity contribution >= 4 is 13.9 Å². The van der Waals surface area contributed by atoms with Gasteiger partial charge in [0.15, 0.2) is 5.76 Å². The number of unbranched alkanes of at least 4 members (excludes halogenated alkanes) is 4. The number of carbonyl (C=O) groups excluding carboxylic acids is 1. The third-order valence-corrected chi connectivity index (χ3v) is 5.08. The topological polar surface area (TPSA) is 26.3 Å². The number of allylic oxidation sites excluding steroid dienone is 2. The second-order valence-corrected chi connectivity index (χ2v) is 10.9. The Morgan fingerprint density at radius 3 is 2.26 bits per heavy atom. The Bertz CT molecular complexity index is 324. The van der Waals surface area contributed by atoms with Crippen molar-refractivity contribution < 1.29 is 9.53 Å². The minimum absolute atomic E-state index is 0.0107. The first kappa shape index (κ1) is 18.2. The van der Waals surface area contributed by atoms with Crippen LogP contribution in [0.1, 0.15) is 46.0 Å². The van der Waals surface area contributed by atoms with Gasteiger partial charge in [-0.15, -0.1) is 0 Å². The van der Waals surface area contributed by atoms with Crippen LogP contribution >= 0.6 is 0 Å². The van der Waals surface area contributed by atoms with E-state index >= 15 is 0 Å². The molecule has 0 fully saturated rings. The molecule has 0 N–H and O–H groups in total. The van der Waals surface area contributed by atoms with Crippen LogP contribution in [-0.2, 0) is 9.53 Å². The number of hydrogen-bond donors (Lipinski definition) is 0. The number of hydrogen-bond acceptors (Lipinski definition) is 2. The van der Waals surface area contributed by atoms with Gasteiger partial charge in [-0.2, -0.15) is 0 Å². The Labute approximate surface area is 119 Å². The van der Waals surface area contributed by atoms with Crippen molar-refractivity contribution in [2.45, 2.75) is 65.6 Å². The largest absolute Gasteiger partial charge is 0.490 e. The fourth-order valence-corrected chi connectivity index (χ4v) is 3.52. The Balaban J connectivity index is 4.68. The third-order valence-electron chi connectivity index (χ3n) is 3.03. The number of ketones is 1. The summed E-state index contributed by atoms with van der Waals surface area (Å²) in [4.78, 5) is 12.3. The van der Waals surface area contributed by atoms with E-state index in [1.165, 1.54) is 19.3 Å². The summed E-state index contributed by atoms with van der Waals surface area (Å²) in [7, 11) is -1.64. The summed E-state index contributed by atoms with van der Waals surface area (Å²) in [5.41, 5.74) is 0. The summed E-state index contributed by atoms with van der Waals surface area (Å²) in [6.07, 6.45) is 8.04. The second-order valence-electron chi connectivity index (χ2n) is 5.90. The molecule has 19 heavy (non-hydrogen) atoms. The molecule has 0 aromatic heterocycles. The van der Waals surface area contributed by atoms with Gasteiger partial charge in [0.2, 0.25) is 5.78 Å². The summed E-state index contributed by atoms with van der Waals surface area (Å²) >= 11 is 0. The van der Waals surface area contributed by atoms with Gasteiger partial charge in [0.1, 0.15) is 0 Å². The lowest BCUT2D eigenvalue weighted by molar-refractivity contribution is -0.114. The monoisotopic (exact) mass is 282 g/mol. The van der Waals surface area contributed by atoms with Crippen molar-refractivity contribution in [2.24, 2.45) is 0 Å². The van der Waals surface area contributed by atoms with Gasteiger partial charge in [-0.3, -0.25) is 4.79 Å². The second kappa shape index (κ2) is 9.13. The molecule has 0 amide bonds. The van der Waals surface area contributed by atoms with E-state index < -0.39 is 8.07 Å². The van der Waals surface area contributed by atoms with Crippen molar-refractivity contribution in [1.29, 1.82) is 0 Å². The van der Waals surface area contributed by atoms with Crippen LogP contribution in [-0.4, -0.2) is 20.5 Å². The molecule has 2 nitrogen and oxygen atoms in total. The van der Waals surface area contributed by atoms with Crippen molar-refractivity contribution in [3.63, 3.8) is 0 Å². The molecule has 0 spiro atoms. The molecule has 0 saturated carbocycles. The Morgan fingerprint density at radius 1 is 1.16 bits per heavy atom. The van der Waals surface area contributed by atoms with Gasteiger partial charge >= 0.3 is 0 Å². The number of carbonyl (C=O) groups is 1. The zero-order valence-corrected chi connectivity index (χ0v) is 14.3. The molecule has 0 aliphatic heterocycles. The molecular formula is C16H30O2Si. The van der Waals surface area contributed by atoms with Gasteiger partial charge in [0, 0.05) is 0 Å². The fourth-order valence-electron chi connectivity index (χ4n) is 1.95. The molecule has 0 saturated heterocycles. The molecule has 0 aliphatic rings. The maximum atomic E-state index is 12.3. The molecule has 0 aromatic carbocycles. The highest BCUT2D eigenvalue weighted by Gasteiger charge is 2.27. The Kier molecular flexibility index (Phi) is 8.73. The number of rotatable bonds is 10. The van der Waals surface area contributed by atoms with E-state index in [2.05, 4.69) is 39.2 Å². The molecule has 3 heteroatoms. The van der Waals surface area contributed by atoms with Crippen LogP contribution in [0.5, 0.6) is 0 Å². The SMILES string of the molecule is C=C(OCC)C(=O)C(=CCCCCCC)[Si](C)(C)C. The van der Waals surface area contributed by atoms with E-state index in [0.29, 0.717) is 12.4 Å². The molecule has 0 aliphatic carbocycles. The Hall–Kier alpha value is -0.833. The molecule has 0 bridgehead atoms. The average molecular weight is 282 g/mol. The Morgan fingerprint density at radius 2 is 1.79 bits per heavy atom. The van der Waals surface area contributed by atoms with Crippen molar-refractivity contribution in [3.8, 4) is 0 Å². The molecule has 110 valence electrons. The normalized spacial score (nSPS) is 12.4. The maximum Gasteiger partial charge on any atom is 0.218 e. The van der Waals surface area contributed by atoms with Crippen LogP contribution in [0.2, 0.25) is 19.6 Å². The zero-order chi connectivity index (χ0) is 14.9. The summed E-state index contributed by atoms with van der Waals surface area (Å²) in [5.74, 6) is 0.307. The summed E-state index contributed by atoms with van der Waals surface area (Å²) in [6.45, 7) is 14.9. The maximum absolute atomic E-state index is 12.3. The van der Waals surface area contributed by atoms with E-state index in [4.69, 9.17) is 4.74 Å². The molecule has 0 heterocycles. The summed E-state index contributed by atoms with van der Waals surface area (Å²) in [6, 6.07) is 0. The molecule has 0 atom stereocenters. The number of Topliss-reactive ketones (excluding diaryl/α,β-unsaturated/α-hetero) is 1. The van der Waals surface area contributed by atoms with Crippen molar-refractivity contribution in [3.05, 3.63) is 23.6 Å². The summed E-state index contributed by atoms with van der Waals surface area (Å²) in [5, 5.41) is 0.961. The van der Waals surface area contributed by atoms with E-state index in [9.17, 15) is 4.79 Å². The minimum atomic E-state index is -1.64. The van der Waals surface area contributed by atoms with E-state index in [1.54, 1.807) is 0 Å². The average Bonchev–Trinajstić information content (AvgIpc) is 2.31. The van der Waals surface area contributed by atoms with Gasteiger partial charge in [-0.05, 0) is 25.0 Å². The van der Waals surface area contributed by atoms with E-state index in [1.807, 2.05) is 6.92 Å². The van der Waals surface area contributed by atoms with Gasteiger partial charge < -0.3 is 4.74 Å². The molecule has 0 rings (SSSR count). The van der Waals surface area contributed by atoms with Crippen LogP contribution in [0.4, 0.5) is 0 Å². The predicted octanol–water partition coefficient (Wildman–Crippen LogP) is 4.88. The van der Waals surface area contributed by atoms with Crippen LogP contribution in [0.15, 0.2) is 23.6 Å². The third kappa shape index (κ3) is 7.36. The highest BCUT2D eigenvalue weighted by Crippen LogP contribution is 2.20. The first-order chi connectivity index (χ1) is 8.84. The zero-order valence-electron chi connectivity index (χ0n) is 13.3. The van der Waals surface area contributed by atoms with Gasteiger partial charge in [0.05, 0.1) is 14.7 Å². The molecule has 0 radical (unpaired) electrons. The highest BCUT2D eigenvalue weighted by molar-refractivity contribution is 6.87.